The smallest absolute Gasteiger partial charge is 0.262 e. The Hall–Kier alpha value is -1.23. The highest BCUT2D eigenvalue weighted by Gasteiger charge is 2.06. The van der Waals surface area contributed by atoms with Crippen LogP contribution in [-0.4, -0.2) is 15.8 Å². The number of aromatic amines is 2. The molecule has 0 bridgehead atoms. The van der Waals surface area contributed by atoms with Gasteiger partial charge in [-0.1, -0.05) is 20.8 Å². The number of Topliss-reactive ketones (excluding diaryl/α,β-unsaturated/α-hetero) is 1. The average molecular weight is 214 g/mol. The molecule has 1 rings (SSSR count). The fourth-order valence-corrected chi connectivity index (χ4v) is 0.959. The van der Waals surface area contributed by atoms with Crippen LogP contribution in [0.4, 0.5) is 0 Å². The molecule has 0 saturated carbocycles. The Labute approximate surface area is 87.4 Å². The second-order valence-electron chi connectivity index (χ2n) is 2.26. The molecule has 14 heavy (non-hydrogen) atoms. The van der Waals surface area contributed by atoms with Gasteiger partial charge in [-0.3, -0.25) is 14.6 Å². The Morgan fingerprint density at radius 1 is 1.50 bits per heavy atom. The molecule has 78 valence electrons. The summed E-state index contributed by atoms with van der Waals surface area (Å²) in [4.78, 5) is 27.1. The molecular weight excluding hydrogens is 200 g/mol. The third-order valence-corrected chi connectivity index (χ3v) is 1.66. The maximum atomic E-state index is 11.1. The Bertz CT molecular complexity index is 406. The zero-order chi connectivity index (χ0) is 11.1. The van der Waals surface area contributed by atoms with Crippen LogP contribution in [0.2, 0.25) is 0 Å². The molecule has 0 fully saturated rings. The van der Waals surface area contributed by atoms with E-state index in [2.05, 4.69) is 22.2 Å². The van der Waals surface area contributed by atoms with Crippen LogP contribution in [0.15, 0.2) is 11.0 Å². The molecule has 5 heteroatoms. The Kier molecular flexibility index (Phi) is 5.71. The molecule has 1 aromatic heterocycles. The van der Waals surface area contributed by atoms with Gasteiger partial charge in [0.25, 0.3) is 5.56 Å². The second-order valence-corrected chi connectivity index (χ2v) is 2.67. The first-order chi connectivity index (χ1) is 6.65. The van der Waals surface area contributed by atoms with Gasteiger partial charge < -0.3 is 4.98 Å². The number of ketones is 1. The van der Waals surface area contributed by atoms with E-state index < -0.39 is 5.56 Å². The summed E-state index contributed by atoms with van der Waals surface area (Å²) in [6, 6.07) is 0. The van der Waals surface area contributed by atoms with Crippen molar-refractivity contribution in [1.29, 1.82) is 0 Å². The number of carbonyl (C=O) groups excluding carboxylic acids is 1. The van der Waals surface area contributed by atoms with Crippen LogP contribution in [0.5, 0.6) is 0 Å². The monoisotopic (exact) mass is 214 g/mol. The normalized spacial score (nSPS) is 8.79. The van der Waals surface area contributed by atoms with Gasteiger partial charge in [-0.05, 0) is 12.2 Å². The zero-order valence-corrected chi connectivity index (χ0v) is 9.33. The minimum absolute atomic E-state index is 0.131. The van der Waals surface area contributed by atoms with Gasteiger partial charge in [-0.2, -0.15) is 0 Å². The summed E-state index contributed by atoms with van der Waals surface area (Å²) in [5, 5.41) is 0. The molecule has 0 saturated heterocycles. The number of aromatic nitrogens is 2. The molecule has 0 aliphatic rings. The lowest BCUT2D eigenvalue weighted by Crippen LogP contribution is -2.17. The van der Waals surface area contributed by atoms with Crippen molar-refractivity contribution in [2.75, 3.05) is 0 Å². The van der Waals surface area contributed by atoms with Crippen LogP contribution in [0.3, 0.4) is 0 Å². The highest BCUT2D eigenvalue weighted by molar-refractivity contribution is 7.71. The molecule has 0 spiro atoms. The Morgan fingerprint density at radius 2 is 2.07 bits per heavy atom. The molecular formula is C9H14N2O2S. The summed E-state index contributed by atoms with van der Waals surface area (Å²) >= 11 is 4.66. The van der Waals surface area contributed by atoms with Gasteiger partial charge in [0.15, 0.2) is 10.6 Å². The molecule has 4 nitrogen and oxygen atoms in total. The van der Waals surface area contributed by atoms with Crippen LogP contribution in [0.1, 0.15) is 37.6 Å². The van der Waals surface area contributed by atoms with Crippen molar-refractivity contribution in [2.24, 2.45) is 0 Å². The number of H-pyrrole nitrogens is 2. The second kappa shape index (κ2) is 6.26. The summed E-state index contributed by atoms with van der Waals surface area (Å²) in [6.45, 7) is 5.70. The Balaban J connectivity index is 0.000000791. The predicted molar refractivity (Wildman–Crippen MR) is 58.2 cm³/mol. The van der Waals surface area contributed by atoms with E-state index in [0.717, 1.165) is 0 Å². The standard InChI is InChI=1S/C7H8N2O2S.C2H6/c1-2-5(10)4-3-8-7(12)9-6(4)11;1-2/h3H,2H2,1H3,(H2,8,9,11,12);1-2H3. The lowest BCUT2D eigenvalue weighted by Gasteiger charge is -1.94. The highest BCUT2D eigenvalue weighted by atomic mass is 32.1. The minimum atomic E-state index is -0.425. The first-order valence-corrected chi connectivity index (χ1v) is 4.91. The van der Waals surface area contributed by atoms with E-state index in [-0.39, 0.29) is 16.1 Å². The van der Waals surface area contributed by atoms with Crippen LogP contribution >= 0.6 is 12.2 Å². The van der Waals surface area contributed by atoms with Crippen molar-refractivity contribution in [3.05, 3.63) is 26.9 Å². The van der Waals surface area contributed by atoms with Crippen molar-refractivity contribution < 1.29 is 4.79 Å². The van der Waals surface area contributed by atoms with Gasteiger partial charge in [0.05, 0.1) is 5.56 Å². The number of hydrogen-bond acceptors (Lipinski definition) is 3. The third-order valence-electron chi connectivity index (χ3n) is 1.44. The van der Waals surface area contributed by atoms with E-state index >= 15 is 0 Å². The van der Waals surface area contributed by atoms with Crippen LogP contribution in [-0.2, 0) is 0 Å². The molecule has 1 heterocycles. The molecule has 0 aromatic carbocycles. The van der Waals surface area contributed by atoms with Crippen LogP contribution < -0.4 is 5.56 Å². The SMILES string of the molecule is CC.CCC(=O)c1c[nH]c(=S)[nH]c1=O. The van der Waals surface area contributed by atoms with Gasteiger partial charge >= 0.3 is 0 Å². The molecule has 0 atom stereocenters. The van der Waals surface area contributed by atoms with Crippen molar-refractivity contribution >= 4 is 18.0 Å². The first kappa shape index (κ1) is 12.8. The molecule has 0 aliphatic carbocycles. The van der Waals surface area contributed by atoms with E-state index in [1.165, 1.54) is 6.20 Å². The molecule has 0 aliphatic heterocycles. The number of carbonyl (C=O) groups is 1. The van der Waals surface area contributed by atoms with E-state index in [1.54, 1.807) is 6.92 Å². The van der Waals surface area contributed by atoms with Gasteiger partial charge in [0, 0.05) is 12.6 Å². The topological polar surface area (TPSA) is 65.7 Å². The van der Waals surface area contributed by atoms with Crippen LogP contribution in [0.25, 0.3) is 0 Å². The van der Waals surface area contributed by atoms with E-state index in [9.17, 15) is 9.59 Å². The number of rotatable bonds is 2. The van der Waals surface area contributed by atoms with E-state index in [0.29, 0.717) is 6.42 Å². The van der Waals surface area contributed by atoms with Crippen molar-refractivity contribution in [2.45, 2.75) is 27.2 Å². The van der Waals surface area contributed by atoms with Gasteiger partial charge in [0.1, 0.15) is 0 Å². The number of hydrogen-bond donors (Lipinski definition) is 2. The molecule has 2 N–H and O–H groups in total. The van der Waals surface area contributed by atoms with Gasteiger partial charge in [0.2, 0.25) is 0 Å². The summed E-state index contributed by atoms with van der Waals surface area (Å²) in [6.07, 6.45) is 1.65. The quantitative estimate of drug-likeness (QED) is 0.585. The minimum Gasteiger partial charge on any atom is -0.338 e. The molecule has 0 unspecified atom stereocenters. The lowest BCUT2D eigenvalue weighted by molar-refractivity contribution is 0.0986. The van der Waals surface area contributed by atoms with Crippen molar-refractivity contribution in [3.8, 4) is 0 Å². The molecule has 1 aromatic rings. The fourth-order valence-electron chi connectivity index (χ4n) is 0.807. The molecule has 0 radical (unpaired) electrons. The zero-order valence-electron chi connectivity index (χ0n) is 8.51. The summed E-state index contributed by atoms with van der Waals surface area (Å²) < 4.78 is 0.229. The van der Waals surface area contributed by atoms with Gasteiger partial charge in [-0.25, -0.2) is 0 Å². The molecule has 0 amide bonds. The lowest BCUT2D eigenvalue weighted by atomic mass is 10.2. The first-order valence-electron chi connectivity index (χ1n) is 4.50. The largest absolute Gasteiger partial charge is 0.338 e. The fraction of sp³-hybridized carbons (Fsp3) is 0.444. The maximum absolute atomic E-state index is 11.1. The van der Waals surface area contributed by atoms with Crippen LogP contribution in [0, 0.1) is 4.77 Å². The number of nitrogens with one attached hydrogen (secondary N) is 2. The van der Waals surface area contributed by atoms with Gasteiger partial charge in [-0.15, -0.1) is 0 Å². The van der Waals surface area contributed by atoms with Crippen molar-refractivity contribution in [1.82, 2.24) is 9.97 Å². The summed E-state index contributed by atoms with van der Waals surface area (Å²) in [5.41, 5.74) is -0.295. The van der Waals surface area contributed by atoms with Crippen molar-refractivity contribution in [3.63, 3.8) is 0 Å². The highest BCUT2D eigenvalue weighted by Crippen LogP contribution is 1.93. The Morgan fingerprint density at radius 3 is 2.50 bits per heavy atom. The maximum Gasteiger partial charge on any atom is 0.262 e. The van der Waals surface area contributed by atoms with E-state index in [1.807, 2.05) is 13.8 Å². The summed E-state index contributed by atoms with van der Waals surface area (Å²) in [5.74, 6) is -0.192. The van der Waals surface area contributed by atoms with E-state index in [4.69, 9.17) is 0 Å². The third kappa shape index (κ3) is 3.26. The average Bonchev–Trinajstić information content (AvgIpc) is 2.20. The predicted octanol–water partition coefficient (Wildman–Crippen LogP) is 2.05. The summed E-state index contributed by atoms with van der Waals surface area (Å²) in [7, 11) is 0.